The number of hydrogen-bond acceptors (Lipinski definition) is 7. The van der Waals surface area contributed by atoms with E-state index in [0.717, 1.165) is 75.7 Å². The average Bonchev–Trinajstić information content (AvgIpc) is 3.58. The molecule has 2 aliphatic heterocycles. The van der Waals surface area contributed by atoms with E-state index in [0.29, 0.717) is 42.9 Å². The number of azide groups is 1. The molecule has 0 spiro atoms. The molecule has 1 aliphatic carbocycles. The van der Waals surface area contributed by atoms with Crippen molar-refractivity contribution >= 4 is 17.5 Å². The van der Waals surface area contributed by atoms with E-state index in [2.05, 4.69) is 27.5 Å². The van der Waals surface area contributed by atoms with Crippen molar-refractivity contribution in [1.29, 1.82) is 0 Å². The molecule has 2 aromatic rings. The molecule has 1 N–H and O–H groups in total. The second-order valence-corrected chi connectivity index (χ2v) is 12.9. The highest BCUT2D eigenvalue weighted by Gasteiger charge is 2.40. The van der Waals surface area contributed by atoms with Gasteiger partial charge in [0.15, 0.2) is 0 Å². The Morgan fingerprint density at radius 2 is 1.82 bits per heavy atom. The molecular formula is C37H47FN6O5. The molecule has 2 aromatic carbocycles. The molecule has 0 bridgehead atoms. The molecule has 0 radical (unpaired) electrons. The van der Waals surface area contributed by atoms with Gasteiger partial charge in [0.05, 0.1) is 43.6 Å². The molecule has 0 aromatic heterocycles. The number of nitrogens with zero attached hydrogens (tertiary/aromatic N) is 5. The van der Waals surface area contributed by atoms with Crippen molar-refractivity contribution in [2.45, 2.75) is 82.8 Å². The third kappa shape index (κ3) is 9.47. The van der Waals surface area contributed by atoms with E-state index in [1.165, 1.54) is 13.2 Å². The van der Waals surface area contributed by atoms with Crippen LogP contribution in [0.15, 0.2) is 58.8 Å². The van der Waals surface area contributed by atoms with Crippen LogP contribution in [0.3, 0.4) is 0 Å². The van der Waals surface area contributed by atoms with Gasteiger partial charge in [0.25, 0.3) is 5.91 Å². The first-order chi connectivity index (χ1) is 23.9. The fraction of sp³-hybridized carbons (Fsp3) is 0.541. The van der Waals surface area contributed by atoms with E-state index >= 15 is 0 Å². The summed E-state index contributed by atoms with van der Waals surface area (Å²) in [6, 6.07) is 9.99. The summed E-state index contributed by atoms with van der Waals surface area (Å²) < 4.78 is 31.0. The first kappa shape index (κ1) is 36.0. The van der Waals surface area contributed by atoms with Gasteiger partial charge in [0.2, 0.25) is 5.91 Å². The number of hydrazone groups is 1. The molecule has 11 nitrogen and oxygen atoms in total. The molecule has 2 amide bonds. The normalized spacial score (nSPS) is 21.6. The summed E-state index contributed by atoms with van der Waals surface area (Å²) in [6.07, 6.45) is 14.5. The monoisotopic (exact) mass is 674 g/mol. The van der Waals surface area contributed by atoms with Gasteiger partial charge in [-0.05, 0) is 124 Å². The highest BCUT2D eigenvalue weighted by Crippen LogP contribution is 2.36. The lowest BCUT2D eigenvalue weighted by Gasteiger charge is -2.37. The Morgan fingerprint density at radius 3 is 2.59 bits per heavy atom. The van der Waals surface area contributed by atoms with Gasteiger partial charge in [0.1, 0.15) is 17.3 Å². The fourth-order valence-electron chi connectivity index (χ4n) is 7.06. The van der Waals surface area contributed by atoms with Crippen LogP contribution < -0.4 is 14.8 Å². The smallest absolute Gasteiger partial charge is 0.252 e. The Labute approximate surface area is 287 Å². The standard InChI is InChI=1S/C37H47FN6O5/c1-47-29-16-18-33(38)25(23-29)9-8-10-27-14-15-28(49-27)19-21-40-20-6-3-7-22-44-37(46)31-12-5-4-11-30(31)35(42-44)26-13-17-32(34(24-26)48-2)36(45)41-43-39/h4-5,13,16-18,23-24,27-28,30-31,40H,3,6-12,14-15,19-22H2,1-2H3. The van der Waals surface area contributed by atoms with Crippen molar-refractivity contribution < 1.29 is 28.2 Å². The summed E-state index contributed by atoms with van der Waals surface area (Å²) in [6.45, 7) is 2.35. The van der Waals surface area contributed by atoms with Crippen LogP contribution in [0.5, 0.6) is 11.5 Å². The number of carbonyl (C=O) groups is 2. The van der Waals surface area contributed by atoms with Crippen LogP contribution in [0.4, 0.5) is 4.39 Å². The Kier molecular flexibility index (Phi) is 13.2. The minimum Gasteiger partial charge on any atom is -0.497 e. The molecule has 0 saturated carbocycles. The number of halogens is 1. The highest BCUT2D eigenvalue weighted by molar-refractivity contribution is 6.08. The minimum atomic E-state index is -0.714. The number of ether oxygens (including phenoxy) is 3. The average molecular weight is 675 g/mol. The lowest BCUT2D eigenvalue weighted by molar-refractivity contribution is -0.137. The van der Waals surface area contributed by atoms with E-state index in [1.807, 2.05) is 0 Å². The van der Waals surface area contributed by atoms with Gasteiger partial charge in [0, 0.05) is 22.9 Å². The van der Waals surface area contributed by atoms with Gasteiger partial charge >= 0.3 is 0 Å². The Morgan fingerprint density at radius 1 is 1.02 bits per heavy atom. The van der Waals surface area contributed by atoms with Crippen LogP contribution in [-0.4, -0.2) is 68.6 Å². The zero-order valence-electron chi connectivity index (χ0n) is 28.5. The number of allylic oxidation sites excluding steroid dienone is 2. The number of unbranched alkanes of at least 4 members (excludes halogenated alkanes) is 2. The van der Waals surface area contributed by atoms with Gasteiger partial charge in [-0.25, -0.2) is 9.40 Å². The van der Waals surface area contributed by atoms with Gasteiger partial charge < -0.3 is 19.5 Å². The molecule has 5 rings (SSSR count). The van der Waals surface area contributed by atoms with Crippen LogP contribution in [-0.2, 0) is 16.0 Å². The predicted octanol–water partition coefficient (Wildman–Crippen LogP) is 7.14. The molecule has 12 heteroatoms. The number of methoxy groups -OCH3 is 2. The fourth-order valence-corrected chi connectivity index (χ4v) is 7.06. The van der Waals surface area contributed by atoms with Crippen LogP contribution in [0.2, 0.25) is 0 Å². The zero-order valence-corrected chi connectivity index (χ0v) is 28.5. The van der Waals surface area contributed by atoms with Gasteiger partial charge in [-0.2, -0.15) is 5.10 Å². The lowest BCUT2D eigenvalue weighted by atomic mass is 9.76. The molecule has 4 unspecified atom stereocenters. The second-order valence-electron chi connectivity index (χ2n) is 12.9. The maximum absolute atomic E-state index is 14.1. The predicted molar refractivity (Wildman–Crippen MR) is 185 cm³/mol. The van der Waals surface area contributed by atoms with Crippen LogP contribution >= 0.6 is 0 Å². The maximum atomic E-state index is 14.1. The molecule has 1 fully saturated rings. The SMILES string of the molecule is COc1ccc(F)c(CCCC2CCC(CCNCCCCCN3N=C(c4ccc(C(=O)N=[N+]=[N-])c(OC)c4)C4CC=CCC4C3=O)O2)c1. The number of hydrogen-bond donors (Lipinski definition) is 1. The van der Waals surface area contributed by atoms with Crippen LogP contribution in [0, 0.1) is 17.7 Å². The van der Waals surface area contributed by atoms with Gasteiger partial charge in [-0.3, -0.25) is 9.59 Å². The van der Waals surface area contributed by atoms with E-state index in [9.17, 15) is 14.0 Å². The van der Waals surface area contributed by atoms with E-state index in [1.54, 1.807) is 42.5 Å². The zero-order chi connectivity index (χ0) is 34.6. The quantitative estimate of drug-likeness (QED) is 0.0622. The second kappa shape index (κ2) is 17.9. The Balaban J connectivity index is 1.02. The van der Waals surface area contributed by atoms with Gasteiger partial charge in [-0.1, -0.05) is 24.6 Å². The largest absolute Gasteiger partial charge is 0.497 e. The van der Waals surface area contributed by atoms with Crippen molar-refractivity contribution in [3.05, 3.63) is 81.5 Å². The number of amides is 2. The highest BCUT2D eigenvalue weighted by atomic mass is 19.1. The first-order valence-corrected chi connectivity index (χ1v) is 17.4. The van der Waals surface area contributed by atoms with Crippen molar-refractivity contribution in [3.8, 4) is 11.5 Å². The lowest BCUT2D eigenvalue weighted by Crippen LogP contribution is -2.45. The number of rotatable bonds is 17. The summed E-state index contributed by atoms with van der Waals surface area (Å²) in [5.41, 5.74) is 11.1. The molecule has 3 aliphatic rings. The number of aryl methyl sites for hydroxylation is 1. The van der Waals surface area contributed by atoms with Crippen molar-refractivity contribution in [2.24, 2.45) is 22.1 Å². The number of benzene rings is 2. The summed E-state index contributed by atoms with van der Waals surface area (Å²) in [4.78, 5) is 28.2. The number of nitrogens with one attached hydrogen (secondary N) is 1. The molecule has 262 valence electrons. The molecule has 49 heavy (non-hydrogen) atoms. The maximum Gasteiger partial charge on any atom is 0.252 e. The summed E-state index contributed by atoms with van der Waals surface area (Å²) in [5, 5.41) is 13.2. The summed E-state index contributed by atoms with van der Waals surface area (Å²) in [7, 11) is 3.05. The molecule has 1 saturated heterocycles. The Bertz CT molecular complexity index is 1570. The number of carbonyl (C=O) groups excluding carboxylic acids is 2. The van der Waals surface area contributed by atoms with E-state index in [4.69, 9.17) is 24.8 Å². The Hall–Kier alpha value is -4.25. The first-order valence-electron chi connectivity index (χ1n) is 17.4. The molecule has 4 atom stereocenters. The molecular weight excluding hydrogens is 627 g/mol. The third-order valence-corrected chi connectivity index (χ3v) is 9.73. The van der Waals surface area contributed by atoms with Crippen molar-refractivity contribution in [3.63, 3.8) is 0 Å². The van der Waals surface area contributed by atoms with Crippen molar-refractivity contribution in [1.82, 2.24) is 10.3 Å². The van der Waals surface area contributed by atoms with E-state index < -0.39 is 5.91 Å². The third-order valence-electron chi connectivity index (χ3n) is 9.73. The van der Waals surface area contributed by atoms with Crippen molar-refractivity contribution in [2.75, 3.05) is 33.9 Å². The van der Waals surface area contributed by atoms with E-state index in [-0.39, 0.29) is 41.3 Å². The van der Waals surface area contributed by atoms with Crippen LogP contribution in [0.25, 0.3) is 10.4 Å². The number of fused-ring (bicyclic) bond motifs is 1. The van der Waals surface area contributed by atoms with Crippen LogP contribution in [0.1, 0.15) is 85.7 Å². The van der Waals surface area contributed by atoms with Gasteiger partial charge in [-0.15, -0.1) is 0 Å². The summed E-state index contributed by atoms with van der Waals surface area (Å²) >= 11 is 0. The topological polar surface area (TPSA) is 138 Å². The minimum absolute atomic E-state index is 0.0519. The summed E-state index contributed by atoms with van der Waals surface area (Å²) in [5.74, 6) is -0.0841. The molecule has 2 heterocycles.